The Morgan fingerprint density at radius 3 is 2.68 bits per heavy atom. The second-order valence-electron chi connectivity index (χ2n) is 6.35. The van der Waals surface area contributed by atoms with Gasteiger partial charge in [-0.15, -0.1) is 0 Å². The monoisotopic (exact) mass is 437 g/mol. The molecule has 0 fully saturated rings. The summed E-state index contributed by atoms with van der Waals surface area (Å²) in [6, 6.07) is 12.9. The third-order valence-corrected chi connectivity index (χ3v) is 5.28. The molecule has 4 aromatic rings. The van der Waals surface area contributed by atoms with Crippen LogP contribution in [0, 0.1) is 6.92 Å². The molecule has 2 aromatic heterocycles. The number of aromatic nitrogens is 2. The van der Waals surface area contributed by atoms with E-state index in [1.165, 1.54) is 11.7 Å². The number of aryl methyl sites for hydroxylation is 1. The number of benzene rings is 2. The van der Waals surface area contributed by atoms with Gasteiger partial charge in [0.05, 0.1) is 24.0 Å². The number of anilines is 1. The summed E-state index contributed by atoms with van der Waals surface area (Å²) in [7, 11) is 1.23. The molecule has 0 aliphatic rings. The van der Waals surface area contributed by atoms with E-state index < -0.39 is 11.5 Å². The largest absolute Gasteiger partial charge is 0.465 e. The zero-order valence-corrected chi connectivity index (χ0v) is 16.8. The lowest BCUT2D eigenvalue weighted by atomic mass is 10.1. The molecule has 28 heavy (non-hydrogen) atoms. The minimum Gasteiger partial charge on any atom is -0.465 e. The third kappa shape index (κ3) is 2.66. The van der Waals surface area contributed by atoms with Gasteiger partial charge in [-0.25, -0.2) is 4.79 Å². The first-order chi connectivity index (χ1) is 13.4. The van der Waals surface area contributed by atoms with Crippen molar-refractivity contribution in [3.63, 3.8) is 0 Å². The molecule has 0 atom stereocenters. The molecule has 0 radical (unpaired) electrons. The van der Waals surface area contributed by atoms with E-state index in [-0.39, 0.29) is 11.3 Å². The smallest absolute Gasteiger partial charge is 0.345 e. The molecule has 2 aromatic carbocycles. The van der Waals surface area contributed by atoms with Crippen LogP contribution in [-0.4, -0.2) is 22.6 Å². The fraction of sp³-hybridized carbons (Fsp3) is 0.0952. The van der Waals surface area contributed by atoms with Crippen molar-refractivity contribution in [2.45, 2.75) is 6.92 Å². The number of esters is 1. The van der Waals surface area contributed by atoms with Gasteiger partial charge < -0.3 is 10.5 Å². The van der Waals surface area contributed by atoms with Crippen LogP contribution in [0.3, 0.4) is 0 Å². The lowest BCUT2D eigenvalue weighted by Crippen LogP contribution is -2.28. The van der Waals surface area contributed by atoms with E-state index in [0.717, 1.165) is 20.9 Å². The normalized spacial score (nSPS) is 11.1. The Morgan fingerprint density at radius 1 is 1.14 bits per heavy atom. The highest BCUT2D eigenvalue weighted by atomic mass is 79.9. The van der Waals surface area contributed by atoms with Crippen LogP contribution in [0.4, 0.5) is 5.69 Å². The Balaban J connectivity index is 2.25. The number of rotatable bonds is 2. The lowest BCUT2D eigenvalue weighted by Gasteiger charge is -2.17. The number of nitrogens with two attached hydrogens (primary N) is 1. The molecule has 140 valence electrons. The maximum absolute atomic E-state index is 13.4. The molecule has 0 bridgehead atoms. The number of methoxy groups -OCH3 is 1. The summed E-state index contributed by atoms with van der Waals surface area (Å²) in [6.45, 7) is 1.91. The van der Waals surface area contributed by atoms with Gasteiger partial charge in [-0.2, -0.15) is 0 Å². The lowest BCUT2D eigenvalue weighted by molar-refractivity contribution is 0.0600. The molecule has 2 heterocycles. The quantitative estimate of drug-likeness (QED) is 0.479. The Labute approximate surface area is 168 Å². The van der Waals surface area contributed by atoms with Gasteiger partial charge in [-0.1, -0.05) is 28.1 Å². The number of nitrogen functional groups attached to an aromatic ring is 1. The van der Waals surface area contributed by atoms with E-state index in [2.05, 4.69) is 20.9 Å². The van der Waals surface area contributed by atoms with Gasteiger partial charge in [0.1, 0.15) is 5.56 Å². The molecule has 0 amide bonds. The van der Waals surface area contributed by atoms with Gasteiger partial charge >= 0.3 is 5.97 Å². The average molecular weight is 438 g/mol. The summed E-state index contributed by atoms with van der Waals surface area (Å²) in [5.74, 6) is -0.765. The molecule has 7 heteroatoms. The number of carbonyl (C=O) groups is 1. The topological polar surface area (TPSA) is 87.2 Å². The number of hydrogen-bond donors (Lipinski definition) is 1. The number of nitrogens with zero attached hydrogens (tertiary/aromatic N) is 2. The van der Waals surface area contributed by atoms with Crippen LogP contribution in [0.25, 0.3) is 27.4 Å². The molecule has 0 saturated heterocycles. The molecule has 0 saturated carbocycles. The Kier molecular flexibility index (Phi) is 4.39. The minimum absolute atomic E-state index is 0.105. The number of pyridine rings is 2. The highest BCUT2D eigenvalue weighted by molar-refractivity contribution is 9.10. The molecule has 6 nitrogen and oxygen atoms in total. The first-order valence-electron chi connectivity index (χ1n) is 8.50. The summed E-state index contributed by atoms with van der Waals surface area (Å²) >= 11 is 3.45. The number of fused-ring (bicyclic) bond motifs is 2. The van der Waals surface area contributed by atoms with Crippen LogP contribution in [0.5, 0.6) is 0 Å². The second-order valence-corrected chi connectivity index (χ2v) is 7.27. The van der Waals surface area contributed by atoms with Crippen molar-refractivity contribution in [1.29, 1.82) is 0 Å². The van der Waals surface area contributed by atoms with Crippen molar-refractivity contribution in [1.82, 2.24) is 9.55 Å². The summed E-state index contributed by atoms with van der Waals surface area (Å²) in [5.41, 5.74) is 7.66. The molecule has 0 aliphatic heterocycles. The van der Waals surface area contributed by atoms with E-state index in [1.807, 2.05) is 37.3 Å². The van der Waals surface area contributed by atoms with Crippen molar-refractivity contribution < 1.29 is 9.53 Å². The van der Waals surface area contributed by atoms with Crippen LogP contribution < -0.4 is 11.3 Å². The summed E-state index contributed by atoms with van der Waals surface area (Å²) in [5, 5.41) is 2.36. The van der Waals surface area contributed by atoms with E-state index in [9.17, 15) is 9.59 Å². The highest BCUT2D eigenvalue weighted by Crippen LogP contribution is 2.30. The summed E-state index contributed by atoms with van der Waals surface area (Å²) in [6.07, 6.45) is 1.70. The van der Waals surface area contributed by atoms with Gasteiger partial charge in [0.15, 0.2) is 0 Å². The van der Waals surface area contributed by atoms with Gasteiger partial charge in [-0.05, 0) is 37.3 Å². The van der Waals surface area contributed by atoms with Crippen LogP contribution in [0.15, 0.2) is 57.9 Å². The zero-order valence-electron chi connectivity index (χ0n) is 15.2. The average Bonchev–Trinajstić information content (AvgIpc) is 2.68. The van der Waals surface area contributed by atoms with Crippen molar-refractivity contribution in [3.8, 4) is 5.69 Å². The van der Waals surface area contributed by atoms with Gasteiger partial charge in [0, 0.05) is 32.5 Å². The molecule has 0 spiro atoms. The fourth-order valence-corrected chi connectivity index (χ4v) is 3.81. The van der Waals surface area contributed by atoms with E-state index >= 15 is 0 Å². The zero-order chi connectivity index (χ0) is 20.0. The number of carbonyl (C=O) groups excluding carboxylic acids is 1. The molecular weight excluding hydrogens is 422 g/mol. The predicted molar refractivity (Wildman–Crippen MR) is 113 cm³/mol. The minimum atomic E-state index is -0.765. The molecule has 0 aliphatic carbocycles. The third-order valence-electron chi connectivity index (χ3n) is 4.79. The first-order valence-corrected chi connectivity index (χ1v) is 9.30. The SMILES string of the molecule is COC(=O)c1c(N)c2ccc(Br)cc2n(-c2cccc3c(C)nccc23)c1=O. The molecular formula is C21H16BrN3O3. The maximum atomic E-state index is 13.4. The van der Waals surface area contributed by atoms with Crippen LogP contribution in [-0.2, 0) is 4.74 Å². The highest BCUT2D eigenvalue weighted by Gasteiger charge is 2.23. The Hall–Kier alpha value is -3.19. The number of halogens is 1. The summed E-state index contributed by atoms with van der Waals surface area (Å²) in [4.78, 5) is 30.1. The Bertz CT molecular complexity index is 1330. The van der Waals surface area contributed by atoms with Crippen LogP contribution in [0.2, 0.25) is 0 Å². The van der Waals surface area contributed by atoms with Crippen molar-refractivity contribution in [2.24, 2.45) is 0 Å². The summed E-state index contributed by atoms with van der Waals surface area (Å²) < 4.78 is 7.11. The van der Waals surface area contributed by atoms with Crippen molar-refractivity contribution >= 4 is 49.3 Å². The predicted octanol–water partition coefficient (Wildman–Crippen LogP) is 3.98. The van der Waals surface area contributed by atoms with E-state index in [1.54, 1.807) is 18.3 Å². The Morgan fingerprint density at radius 2 is 1.93 bits per heavy atom. The van der Waals surface area contributed by atoms with Crippen LogP contribution >= 0.6 is 15.9 Å². The standard InChI is InChI=1S/C21H16BrN3O3/c1-11-13-4-3-5-16(14(13)8-9-24-11)25-17-10-12(22)6-7-15(17)19(23)18(20(25)26)21(27)28-2/h3-10H,23H2,1-2H3. The second kappa shape index (κ2) is 6.76. The molecule has 0 unspecified atom stereocenters. The number of ether oxygens (including phenoxy) is 1. The molecule has 2 N–H and O–H groups in total. The van der Waals surface area contributed by atoms with Crippen molar-refractivity contribution in [2.75, 3.05) is 12.8 Å². The van der Waals surface area contributed by atoms with Gasteiger partial charge in [-0.3, -0.25) is 14.3 Å². The van der Waals surface area contributed by atoms with Gasteiger partial charge in [0.25, 0.3) is 5.56 Å². The van der Waals surface area contributed by atoms with E-state index in [0.29, 0.717) is 16.6 Å². The maximum Gasteiger partial charge on any atom is 0.345 e. The van der Waals surface area contributed by atoms with Crippen molar-refractivity contribution in [3.05, 3.63) is 74.7 Å². The fourth-order valence-electron chi connectivity index (χ4n) is 3.46. The molecule has 4 rings (SSSR count). The first kappa shape index (κ1) is 18.2. The van der Waals surface area contributed by atoms with Crippen LogP contribution in [0.1, 0.15) is 16.1 Å². The van der Waals surface area contributed by atoms with Gasteiger partial charge in [0.2, 0.25) is 0 Å². The number of hydrogen-bond acceptors (Lipinski definition) is 5. The van der Waals surface area contributed by atoms with E-state index in [4.69, 9.17) is 10.5 Å².